The van der Waals surface area contributed by atoms with Gasteiger partial charge in [-0.05, 0) is 44.0 Å². The number of aliphatic hydroxyl groups is 1. The molecule has 0 bridgehead atoms. The van der Waals surface area contributed by atoms with Crippen LogP contribution in [0.5, 0.6) is 0 Å². The van der Waals surface area contributed by atoms with Crippen molar-refractivity contribution in [3.63, 3.8) is 0 Å². The molecule has 2 rings (SSSR count). The van der Waals surface area contributed by atoms with Crippen LogP contribution >= 0.6 is 0 Å². The molecular formula is C13H20N2O. The lowest BCUT2D eigenvalue weighted by molar-refractivity contribution is 0.136. The highest BCUT2D eigenvalue weighted by molar-refractivity contribution is 5.58. The van der Waals surface area contributed by atoms with Gasteiger partial charge in [-0.2, -0.15) is 0 Å². The monoisotopic (exact) mass is 220 g/mol. The molecule has 0 aromatic heterocycles. The average Bonchev–Trinajstić information content (AvgIpc) is 2.71. The van der Waals surface area contributed by atoms with E-state index >= 15 is 0 Å². The number of hydrogen-bond acceptors (Lipinski definition) is 3. The first-order valence-corrected chi connectivity index (χ1v) is 5.87. The Morgan fingerprint density at radius 3 is 2.81 bits per heavy atom. The second kappa shape index (κ2) is 4.34. The van der Waals surface area contributed by atoms with Crippen molar-refractivity contribution in [1.82, 2.24) is 0 Å². The van der Waals surface area contributed by atoms with Gasteiger partial charge in [-0.1, -0.05) is 0 Å². The fourth-order valence-corrected chi connectivity index (χ4v) is 2.27. The first-order valence-electron chi connectivity index (χ1n) is 5.87. The van der Waals surface area contributed by atoms with Crippen LogP contribution in [0, 0.1) is 12.8 Å². The van der Waals surface area contributed by atoms with Crippen LogP contribution in [-0.4, -0.2) is 24.3 Å². The van der Waals surface area contributed by atoms with Crippen molar-refractivity contribution >= 4 is 11.4 Å². The van der Waals surface area contributed by atoms with Gasteiger partial charge >= 0.3 is 0 Å². The van der Waals surface area contributed by atoms with Crippen molar-refractivity contribution in [2.45, 2.75) is 26.4 Å². The van der Waals surface area contributed by atoms with Crippen molar-refractivity contribution in [2.75, 3.05) is 23.7 Å². The summed E-state index contributed by atoms with van der Waals surface area (Å²) < 4.78 is 0. The topological polar surface area (TPSA) is 49.5 Å². The van der Waals surface area contributed by atoms with Crippen molar-refractivity contribution in [2.24, 2.45) is 5.92 Å². The van der Waals surface area contributed by atoms with E-state index in [0.717, 1.165) is 30.8 Å². The van der Waals surface area contributed by atoms with Crippen molar-refractivity contribution in [1.29, 1.82) is 0 Å². The van der Waals surface area contributed by atoms with E-state index in [9.17, 15) is 5.11 Å². The minimum Gasteiger partial charge on any atom is -0.399 e. The Kier molecular flexibility index (Phi) is 3.06. The van der Waals surface area contributed by atoms with Gasteiger partial charge in [0.05, 0.1) is 6.10 Å². The molecule has 0 saturated carbocycles. The summed E-state index contributed by atoms with van der Waals surface area (Å²) >= 11 is 0. The van der Waals surface area contributed by atoms with E-state index < -0.39 is 0 Å². The number of anilines is 2. The highest BCUT2D eigenvalue weighted by atomic mass is 16.3. The molecule has 1 heterocycles. The summed E-state index contributed by atoms with van der Waals surface area (Å²) in [4.78, 5) is 2.32. The van der Waals surface area contributed by atoms with E-state index in [-0.39, 0.29) is 6.10 Å². The summed E-state index contributed by atoms with van der Waals surface area (Å²) in [7, 11) is 0. The number of aliphatic hydroxyl groups excluding tert-OH is 1. The molecule has 1 fully saturated rings. The Bertz CT molecular complexity index is 376. The van der Waals surface area contributed by atoms with E-state index in [1.54, 1.807) is 0 Å². The largest absolute Gasteiger partial charge is 0.399 e. The van der Waals surface area contributed by atoms with Gasteiger partial charge in [0, 0.05) is 30.4 Å². The van der Waals surface area contributed by atoms with Crippen molar-refractivity contribution in [3.8, 4) is 0 Å². The molecule has 3 N–H and O–H groups in total. The van der Waals surface area contributed by atoms with Crippen LogP contribution < -0.4 is 10.6 Å². The minimum absolute atomic E-state index is 0.208. The quantitative estimate of drug-likeness (QED) is 0.747. The number of nitrogens with zero attached hydrogens (tertiary/aromatic N) is 1. The predicted molar refractivity (Wildman–Crippen MR) is 67.6 cm³/mol. The van der Waals surface area contributed by atoms with E-state index in [2.05, 4.69) is 17.0 Å². The number of hydrogen-bond donors (Lipinski definition) is 2. The molecule has 0 aliphatic carbocycles. The molecule has 0 radical (unpaired) electrons. The lowest BCUT2D eigenvalue weighted by atomic mass is 10.0. The third-order valence-electron chi connectivity index (χ3n) is 3.53. The Hall–Kier alpha value is -1.22. The summed E-state index contributed by atoms with van der Waals surface area (Å²) in [5, 5.41) is 9.57. The maximum absolute atomic E-state index is 9.57. The van der Waals surface area contributed by atoms with Gasteiger partial charge in [-0.3, -0.25) is 0 Å². The Labute approximate surface area is 96.9 Å². The maximum Gasteiger partial charge on any atom is 0.0557 e. The third kappa shape index (κ3) is 2.14. The third-order valence-corrected chi connectivity index (χ3v) is 3.53. The molecule has 3 heteroatoms. The average molecular weight is 220 g/mol. The molecule has 16 heavy (non-hydrogen) atoms. The standard InChI is InChI=1S/C13H20N2O/c1-9-7-12(3-4-13(9)14)15-6-5-11(8-15)10(2)16/h3-4,7,10-11,16H,5-6,8,14H2,1-2H3. The van der Waals surface area contributed by atoms with Gasteiger partial charge in [0.2, 0.25) is 0 Å². The van der Waals surface area contributed by atoms with Gasteiger partial charge < -0.3 is 15.7 Å². The van der Waals surface area contributed by atoms with Gasteiger partial charge in [0.1, 0.15) is 0 Å². The molecule has 88 valence electrons. The first kappa shape index (κ1) is 11.3. The molecule has 3 nitrogen and oxygen atoms in total. The van der Waals surface area contributed by atoms with E-state index in [1.165, 1.54) is 5.69 Å². The minimum atomic E-state index is -0.208. The number of nitrogen functional groups attached to an aromatic ring is 1. The van der Waals surface area contributed by atoms with Crippen molar-refractivity contribution in [3.05, 3.63) is 23.8 Å². The second-order valence-electron chi connectivity index (χ2n) is 4.78. The van der Waals surface area contributed by atoms with Crippen LogP contribution in [-0.2, 0) is 0 Å². The number of rotatable bonds is 2. The van der Waals surface area contributed by atoms with Gasteiger partial charge in [-0.15, -0.1) is 0 Å². The van der Waals surface area contributed by atoms with Crippen LogP contribution in [0.25, 0.3) is 0 Å². The molecule has 1 aromatic carbocycles. The number of aryl methyl sites for hydroxylation is 1. The molecule has 1 aromatic rings. The van der Waals surface area contributed by atoms with Gasteiger partial charge in [0.15, 0.2) is 0 Å². The molecule has 2 atom stereocenters. The Balaban J connectivity index is 2.11. The van der Waals surface area contributed by atoms with Crippen LogP contribution in [0.2, 0.25) is 0 Å². The number of benzene rings is 1. The zero-order valence-electron chi connectivity index (χ0n) is 9.98. The second-order valence-corrected chi connectivity index (χ2v) is 4.78. The van der Waals surface area contributed by atoms with Gasteiger partial charge in [0.25, 0.3) is 0 Å². The number of nitrogens with two attached hydrogens (primary N) is 1. The maximum atomic E-state index is 9.57. The molecule has 0 spiro atoms. The molecule has 1 aliphatic rings. The summed E-state index contributed by atoms with van der Waals surface area (Å²) in [6.07, 6.45) is 0.862. The fraction of sp³-hybridized carbons (Fsp3) is 0.538. The lowest BCUT2D eigenvalue weighted by Crippen LogP contribution is -2.23. The molecule has 2 unspecified atom stereocenters. The predicted octanol–water partition coefficient (Wildman–Crippen LogP) is 1.78. The van der Waals surface area contributed by atoms with E-state index in [1.807, 2.05) is 19.9 Å². The summed E-state index contributed by atoms with van der Waals surface area (Å²) in [6.45, 7) is 5.88. The molecule has 1 saturated heterocycles. The van der Waals surface area contributed by atoms with E-state index in [4.69, 9.17) is 5.73 Å². The summed E-state index contributed by atoms with van der Waals surface area (Å²) in [5.41, 5.74) is 8.99. The van der Waals surface area contributed by atoms with Gasteiger partial charge in [-0.25, -0.2) is 0 Å². The lowest BCUT2D eigenvalue weighted by Gasteiger charge is -2.20. The van der Waals surface area contributed by atoms with Crippen LogP contribution in [0.3, 0.4) is 0 Å². The van der Waals surface area contributed by atoms with E-state index in [0.29, 0.717) is 5.92 Å². The Morgan fingerprint density at radius 1 is 1.50 bits per heavy atom. The zero-order chi connectivity index (χ0) is 11.7. The van der Waals surface area contributed by atoms with Crippen LogP contribution in [0.15, 0.2) is 18.2 Å². The van der Waals surface area contributed by atoms with Crippen molar-refractivity contribution < 1.29 is 5.11 Å². The highest BCUT2D eigenvalue weighted by Gasteiger charge is 2.26. The van der Waals surface area contributed by atoms with Crippen LogP contribution in [0.1, 0.15) is 18.9 Å². The highest BCUT2D eigenvalue weighted by Crippen LogP contribution is 2.27. The summed E-state index contributed by atoms with van der Waals surface area (Å²) in [5.74, 6) is 0.401. The molecular weight excluding hydrogens is 200 g/mol. The molecule has 0 amide bonds. The zero-order valence-corrected chi connectivity index (χ0v) is 9.98. The fourth-order valence-electron chi connectivity index (χ4n) is 2.27. The summed E-state index contributed by atoms with van der Waals surface area (Å²) in [6, 6.07) is 6.15. The Morgan fingerprint density at radius 2 is 2.25 bits per heavy atom. The molecule has 1 aliphatic heterocycles. The van der Waals surface area contributed by atoms with Crippen LogP contribution in [0.4, 0.5) is 11.4 Å². The SMILES string of the molecule is Cc1cc(N2CCC(C(C)O)C2)ccc1N. The normalized spacial score (nSPS) is 22.4. The smallest absolute Gasteiger partial charge is 0.0557 e. The first-order chi connectivity index (χ1) is 7.58.